The van der Waals surface area contributed by atoms with Crippen LogP contribution in [0.25, 0.3) is 0 Å². The first-order chi connectivity index (χ1) is 15.0. The standard InChI is InChI=1S/C22H32N4O4S/c1-3-26-22-11-14-29-16-20(22)21(23-26)15-25-12-9-17(10-13-25)24-31(27,28)19-7-5-18(6-8-19)30-4-2/h5-8,17,24H,3-4,9-16H2,1-2H3. The van der Waals surface area contributed by atoms with Crippen LogP contribution in [-0.4, -0.2) is 55.4 Å². The summed E-state index contributed by atoms with van der Waals surface area (Å²) in [6.45, 7) is 9.31. The van der Waals surface area contributed by atoms with Crippen LogP contribution in [0.3, 0.4) is 0 Å². The molecule has 4 rings (SSSR count). The maximum Gasteiger partial charge on any atom is 0.240 e. The molecule has 8 nitrogen and oxygen atoms in total. The Kier molecular flexibility index (Phi) is 6.95. The number of nitrogens with one attached hydrogen (secondary N) is 1. The van der Waals surface area contributed by atoms with Gasteiger partial charge in [-0.2, -0.15) is 5.10 Å². The predicted molar refractivity (Wildman–Crippen MR) is 117 cm³/mol. The van der Waals surface area contributed by atoms with Crippen molar-refractivity contribution in [3.63, 3.8) is 0 Å². The molecule has 0 aliphatic carbocycles. The quantitative estimate of drug-likeness (QED) is 0.667. The lowest BCUT2D eigenvalue weighted by Crippen LogP contribution is -2.44. The normalized spacial score (nSPS) is 18.1. The van der Waals surface area contributed by atoms with E-state index in [1.807, 2.05) is 6.92 Å². The summed E-state index contributed by atoms with van der Waals surface area (Å²) in [5.74, 6) is 0.674. The first-order valence-electron chi connectivity index (χ1n) is 11.1. The Labute approximate surface area is 184 Å². The second-order valence-corrected chi connectivity index (χ2v) is 9.78. The minimum atomic E-state index is -3.54. The van der Waals surface area contributed by atoms with E-state index in [2.05, 4.69) is 21.2 Å². The van der Waals surface area contributed by atoms with Crippen molar-refractivity contribution in [3.8, 4) is 5.75 Å². The molecule has 0 bridgehead atoms. The number of hydrogen-bond acceptors (Lipinski definition) is 6. The second kappa shape index (κ2) is 9.68. The van der Waals surface area contributed by atoms with Gasteiger partial charge in [-0.25, -0.2) is 13.1 Å². The molecule has 0 unspecified atom stereocenters. The molecule has 0 saturated carbocycles. The van der Waals surface area contributed by atoms with Gasteiger partial charge in [0.15, 0.2) is 0 Å². The van der Waals surface area contributed by atoms with Crippen LogP contribution >= 0.6 is 0 Å². The van der Waals surface area contributed by atoms with E-state index in [-0.39, 0.29) is 10.9 Å². The number of fused-ring (bicyclic) bond motifs is 1. The van der Waals surface area contributed by atoms with Crippen molar-refractivity contribution in [1.29, 1.82) is 0 Å². The van der Waals surface area contributed by atoms with E-state index in [1.165, 1.54) is 11.3 Å². The van der Waals surface area contributed by atoms with Crippen LogP contribution in [0, 0.1) is 0 Å². The summed E-state index contributed by atoms with van der Waals surface area (Å²) in [5, 5.41) is 4.82. The summed E-state index contributed by atoms with van der Waals surface area (Å²) in [6.07, 6.45) is 2.48. The summed E-state index contributed by atoms with van der Waals surface area (Å²) in [4.78, 5) is 2.63. The molecule has 3 heterocycles. The molecule has 1 N–H and O–H groups in total. The van der Waals surface area contributed by atoms with Gasteiger partial charge in [0, 0.05) is 49.9 Å². The number of nitrogens with zero attached hydrogens (tertiary/aromatic N) is 3. The number of piperidine rings is 1. The lowest BCUT2D eigenvalue weighted by Gasteiger charge is -2.32. The van der Waals surface area contributed by atoms with Gasteiger partial charge < -0.3 is 9.47 Å². The molecule has 9 heteroatoms. The van der Waals surface area contributed by atoms with Crippen molar-refractivity contribution < 1.29 is 17.9 Å². The van der Waals surface area contributed by atoms with Gasteiger partial charge >= 0.3 is 0 Å². The minimum absolute atomic E-state index is 0.0572. The molecular weight excluding hydrogens is 416 g/mol. The number of aromatic nitrogens is 2. The SMILES string of the molecule is CCOc1ccc(S(=O)(=O)NC2CCN(Cc3nn(CC)c4c3COCC4)CC2)cc1. The molecule has 2 aliphatic rings. The molecule has 2 aliphatic heterocycles. The number of ether oxygens (including phenoxy) is 2. The summed E-state index contributed by atoms with van der Waals surface area (Å²) >= 11 is 0. The Morgan fingerprint density at radius 3 is 2.61 bits per heavy atom. The Bertz CT molecular complexity index is 980. The Morgan fingerprint density at radius 1 is 1.19 bits per heavy atom. The Hall–Kier alpha value is -1.94. The van der Waals surface area contributed by atoms with Crippen LogP contribution in [0.4, 0.5) is 0 Å². The highest BCUT2D eigenvalue weighted by Crippen LogP contribution is 2.24. The number of benzene rings is 1. The molecule has 0 atom stereocenters. The monoisotopic (exact) mass is 448 g/mol. The number of rotatable bonds is 8. The van der Waals surface area contributed by atoms with Crippen LogP contribution in [0.5, 0.6) is 5.75 Å². The molecule has 31 heavy (non-hydrogen) atoms. The summed E-state index contributed by atoms with van der Waals surface area (Å²) in [6, 6.07) is 6.52. The molecule has 1 saturated heterocycles. The summed E-state index contributed by atoms with van der Waals surface area (Å²) < 4.78 is 41.5. The van der Waals surface area contributed by atoms with Gasteiger partial charge in [0.25, 0.3) is 0 Å². The van der Waals surface area contributed by atoms with Crippen LogP contribution in [-0.2, 0) is 40.9 Å². The molecule has 1 aromatic heterocycles. The van der Waals surface area contributed by atoms with Crippen LogP contribution < -0.4 is 9.46 Å². The maximum absolute atomic E-state index is 12.7. The highest BCUT2D eigenvalue weighted by Gasteiger charge is 2.27. The van der Waals surface area contributed by atoms with E-state index in [4.69, 9.17) is 14.6 Å². The van der Waals surface area contributed by atoms with E-state index < -0.39 is 10.0 Å². The molecule has 1 fully saturated rings. The van der Waals surface area contributed by atoms with Crippen molar-refractivity contribution in [2.24, 2.45) is 0 Å². The van der Waals surface area contributed by atoms with Crippen LogP contribution in [0.1, 0.15) is 43.6 Å². The van der Waals surface area contributed by atoms with E-state index in [0.29, 0.717) is 19.0 Å². The first-order valence-corrected chi connectivity index (χ1v) is 12.6. The highest BCUT2D eigenvalue weighted by molar-refractivity contribution is 7.89. The van der Waals surface area contributed by atoms with Gasteiger partial charge in [-0.15, -0.1) is 0 Å². The smallest absolute Gasteiger partial charge is 0.240 e. The lowest BCUT2D eigenvalue weighted by molar-refractivity contribution is 0.107. The van der Waals surface area contributed by atoms with E-state index in [1.54, 1.807) is 24.3 Å². The van der Waals surface area contributed by atoms with Crippen LogP contribution in [0.2, 0.25) is 0 Å². The van der Waals surface area contributed by atoms with E-state index in [0.717, 1.165) is 57.7 Å². The van der Waals surface area contributed by atoms with Crippen molar-refractivity contribution in [3.05, 3.63) is 41.2 Å². The van der Waals surface area contributed by atoms with Gasteiger partial charge in [-0.3, -0.25) is 9.58 Å². The zero-order chi connectivity index (χ0) is 21.8. The van der Waals surface area contributed by atoms with Gasteiger partial charge in [-0.1, -0.05) is 0 Å². The Balaban J connectivity index is 1.33. The van der Waals surface area contributed by atoms with Gasteiger partial charge in [0.2, 0.25) is 10.0 Å². The zero-order valence-corrected chi connectivity index (χ0v) is 19.2. The van der Waals surface area contributed by atoms with Gasteiger partial charge in [-0.05, 0) is 51.0 Å². The number of likely N-dealkylation sites (tertiary alicyclic amines) is 1. The third kappa shape index (κ3) is 5.11. The minimum Gasteiger partial charge on any atom is -0.494 e. The molecule has 0 radical (unpaired) electrons. The average Bonchev–Trinajstić information content (AvgIpc) is 3.13. The topological polar surface area (TPSA) is 85.7 Å². The summed E-state index contributed by atoms with van der Waals surface area (Å²) in [5.41, 5.74) is 3.65. The zero-order valence-electron chi connectivity index (χ0n) is 18.3. The number of sulfonamides is 1. The molecule has 2 aromatic rings. The van der Waals surface area contributed by atoms with Crippen molar-refractivity contribution >= 4 is 10.0 Å². The Morgan fingerprint density at radius 2 is 1.94 bits per heavy atom. The fourth-order valence-corrected chi connectivity index (χ4v) is 5.66. The predicted octanol–water partition coefficient (Wildman–Crippen LogP) is 2.32. The molecule has 1 aromatic carbocycles. The third-order valence-electron chi connectivity index (χ3n) is 6.01. The first kappa shape index (κ1) is 22.3. The van der Waals surface area contributed by atoms with Crippen molar-refractivity contribution in [1.82, 2.24) is 19.4 Å². The highest BCUT2D eigenvalue weighted by atomic mass is 32.2. The third-order valence-corrected chi connectivity index (χ3v) is 7.54. The van der Waals surface area contributed by atoms with E-state index in [9.17, 15) is 8.42 Å². The molecule has 0 spiro atoms. The fraction of sp³-hybridized carbons (Fsp3) is 0.591. The largest absolute Gasteiger partial charge is 0.494 e. The maximum atomic E-state index is 12.7. The number of aryl methyl sites for hydroxylation is 1. The molecule has 0 amide bonds. The van der Waals surface area contributed by atoms with Gasteiger partial charge in [0.05, 0.1) is 30.4 Å². The average molecular weight is 449 g/mol. The van der Waals surface area contributed by atoms with Crippen molar-refractivity contribution in [2.45, 2.75) is 63.7 Å². The molecular formula is C22H32N4O4S. The lowest BCUT2D eigenvalue weighted by atomic mass is 10.0. The van der Waals surface area contributed by atoms with Crippen molar-refractivity contribution in [2.75, 3.05) is 26.3 Å². The number of hydrogen-bond donors (Lipinski definition) is 1. The summed E-state index contributed by atoms with van der Waals surface area (Å²) in [7, 11) is -3.54. The molecule has 170 valence electrons. The fourth-order valence-electron chi connectivity index (χ4n) is 4.36. The van der Waals surface area contributed by atoms with Gasteiger partial charge in [0.1, 0.15) is 5.75 Å². The second-order valence-electron chi connectivity index (χ2n) is 8.07. The van der Waals surface area contributed by atoms with Crippen LogP contribution in [0.15, 0.2) is 29.2 Å². The van der Waals surface area contributed by atoms with E-state index >= 15 is 0 Å².